The van der Waals surface area contributed by atoms with Gasteiger partial charge in [0.1, 0.15) is 0 Å². The molecule has 1 heterocycles. The van der Waals surface area contributed by atoms with Crippen LogP contribution in [0.4, 0.5) is 14.5 Å². The molecule has 0 fully saturated rings. The van der Waals surface area contributed by atoms with E-state index in [2.05, 4.69) is 10.3 Å². The Morgan fingerprint density at radius 2 is 2.12 bits per heavy atom. The largest absolute Gasteiger partial charge is 0.385 e. The molecular weight excluding hydrogens is 242 g/mol. The highest BCUT2D eigenvalue weighted by Gasteiger charge is 2.02. The predicted octanol–water partition coefficient (Wildman–Crippen LogP) is 3.38. The van der Waals surface area contributed by atoms with Gasteiger partial charge in [0.05, 0.1) is 5.01 Å². The first kappa shape index (κ1) is 12.0. The highest BCUT2D eigenvalue weighted by atomic mass is 32.1. The molecule has 0 aliphatic rings. The summed E-state index contributed by atoms with van der Waals surface area (Å²) in [5, 5.41) is 6.06. The monoisotopic (exact) mass is 254 g/mol. The average Bonchev–Trinajstić information content (AvgIpc) is 2.70. The minimum absolute atomic E-state index is 0.581. The van der Waals surface area contributed by atoms with Crippen LogP contribution in [0, 0.1) is 18.6 Å². The molecule has 0 atom stereocenters. The summed E-state index contributed by atoms with van der Waals surface area (Å²) in [5.74, 6) is -1.66. The molecule has 5 heteroatoms. The molecule has 2 rings (SSSR count). The molecule has 0 bridgehead atoms. The van der Waals surface area contributed by atoms with Gasteiger partial charge < -0.3 is 5.32 Å². The first-order chi connectivity index (χ1) is 8.15. The summed E-state index contributed by atoms with van der Waals surface area (Å²) < 4.78 is 25.6. The summed E-state index contributed by atoms with van der Waals surface area (Å²) in [6, 6.07) is 3.79. The number of hydrogen-bond donors (Lipinski definition) is 1. The third-order valence-electron chi connectivity index (χ3n) is 2.25. The van der Waals surface area contributed by atoms with Crippen molar-refractivity contribution >= 4 is 17.0 Å². The van der Waals surface area contributed by atoms with Crippen molar-refractivity contribution in [2.75, 3.05) is 11.9 Å². The van der Waals surface area contributed by atoms with Gasteiger partial charge in [-0.3, -0.25) is 0 Å². The van der Waals surface area contributed by atoms with Crippen LogP contribution in [0.3, 0.4) is 0 Å². The number of thiazole rings is 1. The Balaban J connectivity index is 1.87. The minimum Gasteiger partial charge on any atom is -0.385 e. The maximum absolute atomic E-state index is 12.9. The lowest BCUT2D eigenvalue weighted by Crippen LogP contribution is -2.05. The van der Waals surface area contributed by atoms with Crippen molar-refractivity contribution in [2.45, 2.75) is 13.3 Å². The van der Waals surface area contributed by atoms with E-state index in [1.807, 2.05) is 12.3 Å². The Kier molecular flexibility index (Phi) is 3.68. The Bertz CT molecular complexity index is 511. The standard InChI is InChI=1S/C12H12F2N2S/c1-8-7-17-12(16-8)4-5-15-9-2-3-10(13)11(14)6-9/h2-3,6-7,15H,4-5H2,1H3. The van der Waals surface area contributed by atoms with E-state index in [4.69, 9.17) is 0 Å². The zero-order chi connectivity index (χ0) is 12.3. The number of aryl methyl sites for hydroxylation is 1. The fourth-order valence-corrected chi connectivity index (χ4v) is 2.21. The topological polar surface area (TPSA) is 24.9 Å². The molecule has 0 unspecified atom stereocenters. The van der Waals surface area contributed by atoms with Crippen LogP contribution >= 0.6 is 11.3 Å². The number of anilines is 1. The maximum Gasteiger partial charge on any atom is 0.160 e. The summed E-state index contributed by atoms with van der Waals surface area (Å²) in [4.78, 5) is 4.32. The second-order valence-electron chi connectivity index (χ2n) is 3.69. The van der Waals surface area contributed by atoms with E-state index >= 15 is 0 Å². The molecule has 1 aromatic carbocycles. The van der Waals surface area contributed by atoms with Crippen LogP contribution in [0.1, 0.15) is 10.7 Å². The van der Waals surface area contributed by atoms with Crippen LogP contribution in [0.5, 0.6) is 0 Å². The van der Waals surface area contributed by atoms with Gasteiger partial charge in [0.2, 0.25) is 0 Å². The van der Waals surface area contributed by atoms with Gasteiger partial charge in [0.15, 0.2) is 11.6 Å². The van der Waals surface area contributed by atoms with E-state index < -0.39 is 11.6 Å². The molecular formula is C12H12F2N2S. The molecule has 0 aliphatic heterocycles. The van der Waals surface area contributed by atoms with E-state index in [0.29, 0.717) is 12.2 Å². The third kappa shape index (κ3) is 3.23. The Hall–Kier alpha value is -1.49. The van der Waals surface area contributed by atoms with Crippen molar-refractivity contribution in [3.8, 4) is 0 Å². The second-order valence-corrected chi connectivity index (χ2v) is 4.63. The molecule has 0 amide bonds. The van der Waals surface area contributed by atoms with Crippen LogP contribution in [-0.4, -0.2) is 11.5 Å². The van der Waals surface area contributed by atoms with Crippen molar-refractivity contribution in [3.63, 3.8) is 0 Å². The highest BCUT2D eigenvalue weighted by Crippen LogP contribution is 2.14. The quantitative estimate of drug-likeness (QED) is 0.904. The molecule has 17 heavy (non-hydrogen) atoms. The zero-order valence-corrected chi connectivity index (χ0v) is 10.2. The van der Waals surface area contributed by atoms with Crippen molar-refractivity contribution < 1.29 is 8.78 Å². The van der Waals surface area contributed by atoms with Crippen LogP contribution in [-0.2, 0) is 6.42 Å². The van der Waals surface area contributed by atoms with E-state index in [1.54, 1.807) is 11.3 Å². The molecule has 2 nitrogen and oxygen atoms in total. The third-order valence-corrected chi connectivity index (χ3v) is 3.28. The van der Waals surface area contributed by atoms with Gasteiger partial charge in [-0.05, 0) is 25.1 Å². The number of hydrogen-bond acceptors (Lipinski definition) is 3. The lowest BCUT2D eigenvalue weighted by atomic mass is 10.3. The highest BCUT2D eigenvalue weighted by molar-refractivity contribution is 7.09. The molecule has 1 aromatic heterocycles. The fourth-order valence-electron chi connectivity index (χ4n) is 1.44. The predicted molar refractivity (Wildman–Crippen MR) is 65.4 cm³/mol. The van der Waals surface area contributed by atoms with Crippen LogP contribution in [0.25, 0.3) is 0 Å². The first-order valence-corrected chi connectivity index (χ1v) is 6.13. The fraction of sp³-hybridized carbons (Fsp3) is 0.250. The smallest absolute Gasteiger partial charge is 0.160 e. The maximum atomic E-state index is 12.9. The molecule has 1 N–H and O–H groups in total. The Morgan fingerprint density at radius 1 is 1.29 bits per heavy atom. The van der Waals surface area contributed by atoms with Crippen LogP contribution in [0.2, 0.25) is 0 Å². The molecule has 0 radical (unpaired) electrons. The Morgan fingerprint density at radius 3 is 2.76 bits per heavy atom. The molecule has 0 spiro atoms. The lowest BCUT2D eigenvalue weighted by molar-refractivity contribution is 0.509. The number of benzene rings is 1. The van der Waals surface area contributed by atoms with Crippen LogP contribution < -0.4 is 5.32 Å². The van der Waals surface area contributed by atoms with Gasteiger partial charge in [0, 0.05) is 29.7 Å². The molecule has 0 saturated carbocycles. The van der Waals surface area contributed by atoms with E-state index in [9.17, 15) is 8.78 Å². The van der Waals surface area contributed by atoms with Crippen molar-refractivity contribution in [1.29, 1.82) is 0 Å². The molecule has 90 valence electrons. The summed E-state index contributed by atoms with van der Waals surface area (Å²) in [6.45, 7) is 2.60. The Labute approximate surface area is 102 Å². The molecule has 0 aliphatic carbocycles. The van der Waals surface area contributed by atoms with Gasteiger partial charge >= 0.3 is 0 Å². The second kappa shape index (κ2) is 5.23. The molecule has 2 aromatic rings. The minimum atomic E-state index is -0.833. The van der Waals surface area contributed by atoms with E-state index in [-0.39, 0.29) is 0 Å². The lowest BCUT2D eigenvalue weighted by Gasteiger charge is -2.05. The average molecular weight is 254 g/mol. The van der Waals surface area contributed by atoms with Crippen molar-refractivity contribution in [3.05, 3.63) is 45.9 Å². The summed E-state index contributed by atoms with van der Waals surface area (Å²) in [5.41, 5.74) is 1.59. The first-order valence-electron chi connectivity index (χ1n) is 5.25. The van der Waals surface area contributed by atoms with Gasteiger partial charge in [-0.1, -0.05) is 0 Å². The van der Waals surface area contributed by atoms with Gasteiger partial charge in [0.25, 0.3) is 0 Å². The summed E-state index contributed by atoms with van der Waals surface area (Å²) in [6.07, 6.45) is 0.775. The number of nitrogens with one attached hydrogen (secondary N) is 1. The van der Waals surface area contributed by atoms with Gasteiger partial charge in [-0.25, -0.2) is 13.8 Å². The molecule has 0 saturated heterocycles. The summed E-state index contributed by atoms with van der Waals surface area (Å²) in [7, 11) is 0. The number of rotatable bonds is 4. The number of halogens is 2. The SMILES string of the molecule is Cc1csc(CCNc2ccc(F)c(F)c2)n1. The van der Waals surface area contributed by atoms with E-state index in [1.165, 1.54) is 6.07 Å². The number of aromatic nitrogens is 1. The summed E-state index contributed by atoms with van der Waals surface area (Å²) >= 11 is 1.61. The van der Waals surface area contributed by atoms with E-state index in [0.717, 1.165) is 29.3 Å². The van der Waals surface area contributed by atoms with Crippen molar-refractivity contribution in [2.24, 2.45) is 0 Å². The van der Waals surface area contributed by atoms with Gasteiger partial charge in [-0.2, -0.15) is 0 Å². The van der Waals surface area contributed by atoms with Crippen molar-refractivity contribution in [1.82, 2.24) is 4.98 Å². The zero-order valence-electron chi connectivity index (χ0n) is 9.34. The normalized spacial score (nSPS) is 10.5. The van der Waals surface area contributed by atoms with Gasteiger partial charge in [-0.15, -0.1) is 11.3 Å². The number of nitrogens with zero attached hydrogens (tertiary/aromatic N) is 1. The van der Waals surface area contributed by atoms with Crippen LogP contribution in [0.15, 0.2) is 23.6 Å².